The van der Waals surface area contributed by atoms with Crippen molar-refractivity contribution in [1.29, 1.82) is 0 Å². The fourth-order valence-electron chi connectivity index (χ4n) is 2.48. The van der Waals surface area contributed by atoms with Crippen molar-refractivity contribution in [3.63, 3.8) is 0 Å². The molecule has 0 radical (unpaired) electrons. The molecule has 0 aromatic heterocycles. The topological polar surface area (TPSA) is 43.8 Å². The molecule has 4 heteroatoms. The van der Waals surface area contributed by atoms with Crippen LogP contribution in [0.3, 0.4) is 0 Å². The van der Waals surface area contributed by atoms with Crippen LogP contribution < -0.4 is 4.90 Å². The highest BCUT2D eigenvalue weighted by Crippen LogP contribution is 2.22. The lowest BCUT2D eigenvalue weighted by molar-refractivity contribution is -0.124. The van der Waals surface area contributed by atoms with E-state index in [1.807, 2.05) is 43.1 Å². The maximum Gasteiger partial charge on any atom is 0.246 e. The van der Waals surface area contributed by atoms with E-state index in [1.54, 1.807) is 4.90 Å². The number of hydrogen-bond acceptors (Lipinski definition) is 3. The molecular weight excluding hydrogens is 240 g/mol. The van der Waals surface area contributed by atoms with Crippen molar-refractivity contribution in [2.75, 3.05) is 25.1 Å². The first-order valence-electron chi connectivity index (χ1n) is 6.75. The monoisotopic (exact) mass is 262 g/mol. The van der Waals surface area contributed by atoms with Gasteiger partial charge in [-0.1, -0.05) is 17.7 Å². The van der Waals surface area contributed by atoms with E-state index >= 15 is 0 Å². The predicted molar refractivity (Wildman–Crippen MR) is 76.2 cm³/mol. The molecule has 1 aliphatic rings. The number of aliphatic hydroxyl groups excluding tert-OH is 1. The second-order valence-corrected chi connectivity index (χ2v) is 5.33. The molecule has 2 atom stereocenters. The van der Waals surface area contributed by atoms with Gasteiger partial charge in [0.15, 0.2) is 0 Å². The first-order valence-corrected chi connectivity index (χ1v) is 6.75. The van der Waals surface area contributed by atoms with Crippen LogP contribution in [0.1, 0.15) is 18.9 Å². The molecule has 1 fully saturated rings. The molecule has 1 aliphatic heterocycles. The molecule has 1 saturated heterocycles. The van der Waals surface area contributed by atoms with Crippen LogP contribution in [0.2, 0.25) is 0 Å². The third kappa shape index (κ3) is 2.80. The number of aliphatic hydroxyl groups is 1. The van der Waals surface area contributed by atoms with Gasteiger partial charge in [0.2, 0.25) is 5.91 Å². The van der Waals surface area contributed by atoms with Gasteiger partial charge < -0.3 is 10.0 Å². The standard InChI is InChI=1S/C15H22N2O2/c1-11-4-6-13(7-5-11)17-9-8-12(2)16(3)14(10-18)15(17)19/h4-7,12,14,18H,8-10H2,1-3H3. The van der Waals surface area contributed by atoms with Gasteiger partial charge in [-0.15, -0.1) is 0 Å². The molecule has 1 amide bonds. The summed E-state index contributed by atoms with van der Waals surface area (Å²) in [6.45, 7) is 4.68. The zero-order valence-electron chi connectivity index (χ0n) is 11.8. The summed E-state index contributed by atoms with van der Waals surface area (Å²) in [5, 5.41) is 9.49. The average Bonchev–Trinajstić information content (AvgIpc) is 2.50. The Kier molecular flexibility index (Phi) is 4.22. The summed E-state index contributed by atoms with van der Waals surface area (Å²) < 4.78 is 0. The van der Waals surface area contributed by atoms with Crippen molar-refractivity contribution < 1.29 is 9.90 Å². The van der Waals surface area contributed by atoms with E-state index < -0.39 is 6.04 Å². The molecule has 1 aromatic carbocycles. The first kappa shape index (κ1) is 14.0. The summed E-state index contributed by atoms with van der Waals surface area (Å²) in [5.41, 5.74) is 2.09. The van der Waals surface area contributed by atoms with Gasteiger partial charge in [0, 0.05) is 18.3 Å². The summed E-state index contributed by atoms with van der Waals surface area (Å²) in [4.78, 5) is 16.3. The number of carbonyl (C=O) groups is 1. The van der Waals surface area contributed by atoms with Crippen molar-refractivity contribution in [3.8, 4) is 0 Å². The van der Waals surface area contributed by atoms with E-state index in [-0.39, 0.29) is 18.6 Å². The maximum absolute atomic E-state index is 12.5. The fraction of sp³-hybridized carbons (Fsp3) is 0.533. The van der Waals surface area contributed by atoms with Crippen LogP contribution in [0.25, 0.3) is 0 Å². The molecule has 0 saturated carbocycles. The molecular formula is C15H22N2O2. The van der Waals surface area contributed by atoms with E-state index in [0.29, 0.717) is 6.54 Å². The van der Waals surface area contributed by atoms with E-state index in [1.165, 1.54) is 5.56 Å². The molecule has 0 aliphatic carbocycles. The highest BCUT2D eigenvalue weighted by Gasteiger charge is 2.33. The van der Waals surface area contributed by atoms with Gasteiger partial charge in [-0.25, -0.2) is 0 Å². The zero-order valence-corrected chi connectivity index (χ0v) is 11.8. The Balaban J connectivity index is 2.29. The van der Waals surface area contributed by atoms with Crippen LogP contribution in [-0.2, 0) is 4.79 Å². The van der Waals surface area contributed by atoms with Crippen LogP contribution in [0.15, 0.2) is 24.3 Å². The van der Waals surface area contributed by atoms with Gasteiger partial charge in [-0.2, -0.15) is 0 Å². The Morgan fingerprint density at radius 3 is 2.53 bits per heavy atom. The van der Waals surface area contributed by atoms with E-state index in [2.05, 4.69) is 6.92 Å². The molecule has 1 N–H and O–H groups in total. The minimum absolute atomic E-state index is 0.0156. The van der Waals surface area contributed by atoms with Gasteiger partial charge in [-0.3, -0.25) is 9.69 Å². The van der Waals surface area contributed by atoms with Crippen LogP contribution in [0.5, 0.6) is 0 Å². The van der Waals surface area contributed by atoms with Crippen molar-refractivity contribution in [3.05, 3.63) is 29.8 Å². The number of hydrogen-bond donors (Lipinski definition) is 1. The normalized spacial score (nSPS) is 25.5. The number of anilines is 1. The highest BCUT2D eigenvalue weighted by molar-refractivity contribution is 5.97. The predicted octanol–water partition coefficient (Wildman–Crippen LogP) is 1.41. The molecule has 1 heterocycles. The van der Waals surface area contributed by atoms with Gasteiger partial charge in [0.1, 0.15) is 6.04 Å². The second-order valence-electron chi connectivity index (χ2n) is 5.33. The van der Waals surface area contributed by atoms with E-state index in [4.69, 9.17) is 0 Å². The minimum atomic E-state index is -0.446. The van der Waals surface area contributed by atoms with Gasteiger partial charge in [-0.05, 0) is 39.4 Å². The minimum Gasteiger partial charge on any atom is -0.394 e. The fourth-order valence-corrected chi connectivity index (χ4v) is 2.48. The van der Waals surface area contributed by atoms with Crippen LogP contribution in [0.4, 0.5) is 5.69 Å². The van der Waals surface area contributed by atoms with Gasteiger partial charge in [0.05, 0.1) is 6.61 Å². The van der Waals surface area contributed by atoms with Crippen LogP contribution in [-0.4, -0.2) is 48.2 Å². The van der Waals surface area contributed by atoms with Crippen LogP contribution >= 0.6 is 0 Å². The molecule has 2 unspecified atom stereocenters. The lowest BCUT2D eigenvalue weighted by Crippen LogP contribution is -2.48. The molecule has 1 aromatic rings. The lowest BCUT2D eigenvalue weighted by Gasteiger charge is -2.29. The number of amides is 1. The molecule has 0 spiro atoms. The number of benzene rings is 1. The molecule has 19 heavy (non-hydrogen) atoms. The molecule has 0 bridgehead atoms. The number of likely N-dealkylation sites (N-methyl/N-ethyl adjacent to an activating group) is 1. The first-order chi connectivity index (χ1) is 9.04. The van der Waals surface area contributed by atoms with Crippen molar-refractivity contribution >= 4 is 11.6 Å². The third-order valence-electron chi connectivity index (χ3n) is 4.03. The highest BCUT2D eigenvalue weighted by atomic mass is 16.3. The third-order valence-corrected chi connectivity index (χ3v) is 4.03. The smallest absolute Gasteiger partial charge is 0.246 e. The number of carbonyl (C=O) groups excluding carboxylic acids is 1. The van der Waals surface area contributed by atoms with Crippen molar-refractivity contribution in [2.45, 2.75) is 32.4 Å². The van der Waals surface area contributed by atoms with Gasteiger partial charge >= 0.3 is 0 Å². The zero-order chi connectivity index (χ0) is 14.0. The lowest BCUT2D eigenvalue weighted by atomic mass is 10.2. The Bertz CT molecular complexity index is 444. The Morgan fingerprint density at radius 1 is 1.32 bits per heavy atom. The van der Waals surface area contributed by atoms with Crippen molar-refractivity contribution in [1.82, 2.24) is 4.90 Å². The van der Waals surface area contributed by atoms with Gasteiger partial charge in [0.25, 0.3) is 0 Å². The van der Waals surface area contributed by atoms with Crippen molar-refractivity contribution in [2.24, 2.45) is 0 Å². The summed E-state index contributed by atoms with van der Waals surface area (Å²) in [6, 6.07) is 7.80. The molecule has 104 valence electrons. The summed E-state index contributed by atoms with van der Waals surface area (Å²) >= 11 is 0. The SMILES string of the molecule is Cc1ccc(N2CCC(C)N(C)C(CO)C2=O)cc1. The Hall–Kier alpha value is -1.39. The Labute approximate surface area is 114 Å². The second kappa shape index (κ2) is 5.72. The average molecular weight is 262 g/mol. The Morgan fingerprint density at radius 2 is 1.95 bits per heavy atom. The summed E-state index contributed by atoms with van der Waals surface area (Å²) in [5.74, 6) is -0.0156. The van der Waals surface area contributed by atoms with Crippen LogP contribution in [0, 0.1) is 6.92 Å². The largest absolute Gasteiger partial charge is 0.394 e. The summed E-state index contributed by atoms with van der Waals surface area (Å²) in [7, 11) is 1.90. The quantitative estimate of drug-likeness (QED) is 0.876. The van der Waals surface area contributed by atoms with E-state index in [9.17, 15) is 9.90 Å². The van der Waals surface area contributed by atoms with E-state index in [0.717, 1.165) is 12.1 Å². The summed E-state index contributed by atoms with van der Waals surface area (Å²) in [6.07, 6.45) is 0.909. The molecule has 4 nitrogen and oxygen atoms in total. The molecule has 2 rings (SSSR count). The number of aryl methyl sites for hydroxylation is 1. The number of rotatable bonds is 2. The maximum atomic E-state index is 12.5. The number of nitrogens with zero attached hydrogens (tertiary/aromatic N) is 2.